The molecule has 0 saturated heterocycles. The number of benzene rings is 2. The second kappa shape index (κ2) is 8.76. The Labute approximate surface area is 175 Å². The summed E-state index contributed by atoms with van der Waals surface area (Å²) < 4.78 is 0. The molecule has 29 heavy (non-hydrogen) atoms. The number of hydrogen-bond acceptors (Lipinski definition) is 4. The SMILES string of the molecule is CCN(CC)[C@@H](CNC(=O)c1ccc2c(c1)C(=O)N(C)C2=O)c1ccccc1Cl. The lowest BCUT2D eigenvalue weighted by Crippen LogP contribution is -2.38. The minimum absolute atomic E-state index is 0.0774. The molecule has 0 fully saturated rings. The molecule has 3 rings (SSSR count). The number of carbonyl (C=O) groups excluding carboxylic acids is 3. The van der Waals surface area contributed by atoms with Gasteiger partial charge in [-0.3, -0.25) is 24.2 Å². The molecule has 7 heteroatoms. The highest BCUT2D eigenvalue weighted by Crippen LogP contribution is 2.27. The third-order valence-corrected chi connectivity index (χ3v) is 5.67. The van der Waals surface area contributed by atoms with Crippen molar-refractivity contribution in [1.82, 2.24) is 15.1 Å². The van der Waals surface area contributed by atoms with Crippen LogP contribution >= 0.6 is 11.6 Å². The van der Waals surface area contributed by atoms with E-state index in [0.29, 0.717) is 22.7 Å². The molecule has 0 saturated carbocycles. The van der Waals surface area contributed by atoms with Gasteiger partial charge in [-0.2, -0.15) is 0 Å². The minimum atomic E-state index is -0.392. The van der Waals surface area contributed by atoms with E-state index in [4.69, 9.17) is 11.6 Å². The van der Waals surface area contributed by atoms with E-state index in [-0.39, 0.29) is 23.4 Å². The number of nitrogens with zero attached hydrogens (tertiary/aromatic N) is 2. The smallest absolute Gasteiger partial charge is 0.261 e. The fourth-order valence-electron chi connectivity index (χ4n) is 3.64. The van der Waals surface area contributed by atoms with Gasteiger partial charge in [0.15, 0.2) is 0 Å². The van der Waals surface area contributed by atoms with Gasteiger partial charge < -0.3 is 5.32 Å². The zero-order valence-electron chi connectivity index (χ0n) is 16.7. The van der Waals surface area contributed by atoms with Gasteiger partial charge in [0.2, 0.25) is 0 Å². The number of likely N-dealkylation sites (N-methyl/N-ethyl adjacent to an activating group) is 1. The summed E-state index contributed by atoms with van der Waals surface area (Å²) in [5, 5.41) is 3.61. The summed E-state index contributed by atoms with van der Waals surface area (Å²) in [6.45, 7) is 6.12. The Kier molecular flexibility index (Phi) is 6.35. The molecule has 2 aromatic rings. The van der Waals surface area contributed by atoms with Crippen LogP contribution < -0.4 is 5.32 Å². The zero-order chi connectivity index (χ0) is 21.1. The molecule has 0 aliphatic carbocycles. The predicted octanol–water partition coefficient (Wildman–Crippen LogP) is 3.38. The maximum absolute atomic E-state index is 12.8. The largest absolute Gasteiger partial charge is 0.350 e. The molecule has 152 valence electrons. The molecule has 0 radical (unpaired) electrons. The summed E-state index contributed by atoms with van der Waals surface area (Å²) in [5.74, 6) is -1.04. The van der Waals surface area contributed by atoms with Gasteiger partial charge >= 0.3 is 0 Å². The molecule has 0 aromatic heterocycles. The molecule has 1 N–H and O–H groups in total. The molecule has 1 aliphatic rings. The topological polar surface area (TPSA) is 69.7 Å². The summed E-state index contributed by atoms with van der Waals surface area (Å²) in [6, 6.07) is 12.1. The van der Waals surface area contributed by atoms with Gasteiger partial charge in [0.25, 0.3) is 17.7 Å². The number of amides is 3. The Balaban J connectivity index is 1.80. The maximum Gasteiger partial charge on any atom is 0.261 e. The van der Waals surface area contributed by atoms with E-state index in [1.54, 1.807) is 6.07 Å². The highest BCUT2D eigenvalue weighted by atomic mass is 35.5. The van der Waals surface area contributed by atoms with Crippen LogP contribution in [0.5, 0.6) is 0 Å². The molecule has 1 atom stereocenters. The van der Waals surface area contributed by atoms with E-state index < -0.39 is 5.91 Å². The first-order chi connectivity index (χ1) is 13.9. The average Bonchev–Trinajstić information content (AvgIpc) is 2.95. The highest BCUT2D eigenvalue weighted by Gasteiger charge is 2.33. The van der Waals surface area contributed by atoms with E-state index >= 15 is 0 Å². The Morgan fingerprint density at radius 1 is 1.07 bits per heavy atom. The molecule has 0 unspecified atom stereocenters. The van der Waals surface area contributed by atoms with Crippen molar-refractivity contribution in [3.8, 4) is 0 Å². The molecular weight excluding hydrogens is 390 g/mol. The molecular formula is C22H24ClN3O3. The first-order valence-electron chi connectivity index (χ1n) is 9.62. The highest BCUT2D eigenvalue weighted by molar-refractivity contribution is 6.31. The van der Waals surface area contributed by atoms with Crippen LogP contribution in [0, 0.1) is 0 Å². The van der Waals surface area contributed by atoms with Crippen molar-refractivity contribution in [2.24, 2.45) is 0 Å². The third-order valence-electron chi connectivity index (χ3n) is 5.33. The predicted molar refractivity (Wildman–Crippen MR) is 112 cm³/mol. The van der Waals surface area contributed by atoms with Crippen molar-refractivity contribution in [3.05, 3.63) is 69.7 Å². The molecule has 3 amide bonds. The number of halogens is 1. The van der Waals surface area contributed by atoms with Crippen LogP contribution in [-0.2, 0) is 0 Å². The van der Waals surface area contributed by atoms with E-state index in [1.807, 2.05) is 24.3 Å². The molecule has 2 aromatic carbocycles. The zero-order valence-corrected chi connectivity index (χ0v) is 17.5. The van der Waals surface area contributed by atoms with Gasteiger partial charge in [-0.25, -0.2) is 0 Å². The first-order valence-corrected chi connectivity index (χ1v) is 9.99. The quantitative estimate of drug-likeness (QED) is 0.706. The van der Waals surface area contributed by atoms with Crippen molar-refractivity contribution in [2.75, 3.05) is 26.7 Å². The van der Waals surface area contributed by atoms with Gasteiger partial charge in [0, 0.05) is 24.2 Å². The summed E-state index contributed by atoms with van der Waals surface area (Å²) in [4.78, 5) is 40.2. The van der Waals surface area contributed by atoms with Crippen LogP contribution in [-0.4, -0.2) is 54.2 Å². The van der Waals surface area contributed by atoms with Gasteiger partial charge in [0.1, 0.15) is 0 Å². The third kappa shape index (κ3) is 4.04. The number of hydrogen-bond donors (Lipinski definition) is 1. The lowest BCUT2D eigenvalue weighted by Gasteiger charge is -2.31. The van der Waals surface area contributed by atoms with Gasteiger partial charge in [-0.15, -0.1) is 0 Å². The van der Waals surface area contributed by atoms with Crippen molar-refractivity contribution in [1.29, 1.82) is 0 Å². The lowest BCUT2D eigenvalue weighted by molar-refractivity contribution is 0.0693. The van der Waals surface area contributed by atoms with Crippen molar-refractivity contribution in [3.63, 3.8) is 0 Å². The van der Waals surface area contributed by atoms with Crippen LogP contribution in [0.2, 0.25) is 5.02 Å². The molecule has 1 heterocycles. The van der Waals surface area contributed by atoms with Crippen LogP contribution in [0.25, 0.3) is 0 Å². The summed E-state index contributed by atoms with van der Waals surface area (Å²) >= 11 is 6.40. The summed E-state index contributed by atoms with van der Waals surface area (Å²) in [6.07, 6.45) is 0. The number of rotatable bonds is 7. The number of carbonyl (C=O) groups is 3. The molecule has 0 bridgehead atoms. The fraction of sp³-hybridized carbons (Fsp3) is 0.318. The Morgan fingerprint density at radius 3 is 2.38 bits per heavy atom. The Bertz CT molecular complexity index is 956. The first kappa shape index (κ1) is 21.0. The fourth-order valence-corrected chi connectivity index (χ4v) is 3.90. The standard InChI is InChI=1S/C22H24ClN3O3/c1-4-26(5-2)19(16-8-6-7-9-18(16)23)13-24-20(27)14-10-11-15-17(12-14)22(29)25(3)21(15)28/h6-12,19H,4-5,13H2,1-3H3,(H,24,27)/t19-/m0/s1. The average molecular weight is 414 g/mol. The van der Waals surface area contributed by atoms with Crippen LogP contribution in [0.1, 0.15) is 56.5 Å². The van der Waals surface area contributed by atoms with Crippen molar-refractivity contribution < 1.29 is 14.4 Å². The van der Waals surface area contributed by atoms with E-state index in [0.717, 1.165) is 23.6 Å². The van der Waals surface area contributed by atoms with Crippen LogP contribution in [0.4, 0.5) is 0 Å². The second-order valence-electron chi connectivity index (χ2n) is 6.90. The lowest BCUT2D eigenvalue weighted by atomic mass is 10.0. The van der Waals surface area contributed by atoms with Crippen molar-refractivity contribution in [2.45, 2.75) is 19.9 Å². The van der Waals surface area contributed by atoms with Gasteiger partial charge in [0.05, 0.1) is 17.2 Å². The van der Waals surface area contributed by atoms with E-state index in [1.165, 1.54) is 19.2 Å². The van der Waals surface area contributed by atoms with E-state index in [2.05, 4.69) is 24.1 Å². The van der Waals surface area contributed by atoms with Gasteiger partial charge in [-0.05, 0) is 42.9 Å². The summed E-state index contributed by atoms with van der Waals surface area (Å²) in [7, 11) is 1.43. The number of fused-ring (bicyclic) bond motifs is 1. The van der Waals surface area contributed by atoms with E-state index in [9.17, 15) is 14.4 Å². The molecule has 6 nitrogen and oxygen atoms in total. The monoisotopic (exact) mass is 413 g/mol. The van der Waals surface area contributed by atoms with Crippen LogP contribution in [0.15, 0.2) is 42.5 Å². The van der Waals surface area contributed by atoms with Gasteiger partial charge in [-0.1, -0.05) is 43.6 Å². The second-order valence-corrected chi connectivity index (χ2v) is 7.31. The Morgan fingerprint density at radius 2 is 1.72 bits per heavy atom. The minimum Gasteiger partial charge on any atom is -0.350 e. The van der Waals surface area contributed by atoms with Crippen molar-refractivity contribution >= 4 is 29.3 Å². The van der Waals surface area contributed by atoms with Crippen LogP contribution in [0.3, 0.4) is 0 Å². The summed E-state index contributed by atoms with van der Waals surface area (Å²) in [5.41, 5.74) is 1.88. The molecule has 1 aliphatic heterocycles. The Hall–Kier alpha value is -2.70. The molecule has 0 spiro atoms. The number of nitrogens with one attached hydrogen (secondary N) is 1. The number of imide groups is 1. The maximum atomic E-state index is 12.8. The normalized spacial score (nSPS) is 14.3.